The molecule has 0 saturated carbocycles. The molecule has 1 heterocycles. The summed E-state index contributed by atoms with van der Waals surface area (Å²) in [6, 6.07) is 6.45. The predicted octanol–water partition coefficient (Wildman–Crippen LogP) is 6.13. The minimum Gasteiger partial charge on any atom is -0.444 e. The Labute approximate surface area is 178 Å². The molecule has 0 spiro atoms. The summed E-state index contributed by atoms with van der Waals surface area (Å²) in [7, 11) is 1.65. The van der Waals surface area contributed by atoms with Gasteiger partial charge in [0.15, 0.2) is 0 Å². The number of allylic oxidation sites excluding steroid dienone is 1. The lowest BCUT2D eigenvalue weighted by Crippen LogP contribution is -2.35. The maximum Gasteiger partial charge on any atom is 0.417 e. The van der Waals surface area contributed by atoms with Crippen LogP contribution in [-0.2, 0) is 4.74 Å². The van der Waals surface area contributed by atoms with Crippen molar-refractivity contribution in [3.05, 3.63) is 41.7 Å². The van der Waals surface area contributed by atoms with Crippen molar-refractivity contribution in [2.24, 2.45) is 0 Å². The molecule has 0 saturated heterocycles. The first-order valence-electron chi connectivity index (χ1n) is 9.33. The van der Waals surface area contributed by atoms with Crippen LogP contribution < -0.4 is 5.32 Å². The molecule has 1 amide bonds. The van der Waals surface area contributed by atoms with Gasteiger partial charge in [-0.3, -0.25) is 0 Å². The summed E-state index contributed by atoms with van der Waals surface area (Å²) in [6.07, 6.45) is -4.42. The van der Waals surface area contributed by atoms with Gasteiger partial charge in [0.25, 0.3) is 0 Å². The molecule has 30 heavy (non-hydrogen) atoms. The highest BCUT2D eigenvalue weighted by molar-refractivity contribution is 6.30. The zero-order chi connectivity index (χ0) is 22.7. The molecule has 0 bridgehead atoms. The van der Waals surface area contributed by atoms with E-state index in [-0.39, 0.29) is 10.8 Å². The van der Waals surface area contributed by atoms with Crippen LogP contribution in [0.1, 0.15) is 32.9 Å². The molecular weight excluding hydrogens is 419 g/mol. The molecule has 1 aromatic heterocycles. The molecule has 0 aliphatic heterocycles. The van der Waals surface area contributed by atoms with E-state index < -0.39 is 23.4 Å². The van der Waals surface area contributed by atoms with Crippen molar-refractivity contribution in [1.29, 1.82) is 0 Å². The van der Waals surface area contributed by atoms with Gasteiger partial charge in [-0.15, -0.1) is 0 Å². The number of rotatable bonds is 6. The van der Waals surface area contributed by atoms with E-state index in [1.54, 1.807) is 46.0 Å². The van der Waals surface area contributed by atoms with Crippen molar-refractivity contribution in [3.8, 4) is 0 Å². The van der Waals surface area contributed by atoms with Gasteiger partial charge in [-0.05, 0) is 39.3 Å². The lowest BCUT2D eigenvalue weighted by atomic mass is 10.0. The zero-order valence-electron chi connectivity index (χ0n) is 17.4. The lowest BCUT2D eigenvalue weighted by Gasteiger charge is -2.24. The van der Waals surface area contributed by atoms with Crippen molar-refractivity contribution in [3.63, 3.8) is 0 Å². The zero-order valence-corrected chi connectivity index (χ0v) is 18.1. The van der Waals surface area contributed by atoms with Gasteiger partial charge in [0.05, 0.1) is 11.3 Å². The summed E-state index contributed by atoms with van der Waals surface area (Å²) in [5, 5.41) is 3.95. The van der Waals surface area contributed by atoms with E-state index in [0.29, 0.717) is 36.0 Å². The Bertz CT molecular complexity index is 939. The third-order valence-electron chi connectivity index (χ3n) is 4.16. The molecule has 2 aromatic rings. The fourth-order valence-corrected chi connectivity index (χ4v) is 2.93. The lowest BCUT2D eigenvalue weighted by molar-refractivity contribution is -0.0688. The molecule has 164 valence electrons. The Morgan fingerprint density at radius 3 is 2.53 bits per heavy atom. The first-order valence-corrected chi connectivity index (χ1v) is 9.71. The molecular formula is C21H25ClF3N3O2. The molecule has 9 heteroatoms. The van der Waals surface area contributed by atoms with Crippen molar-refractivity contribution in [2.45, 2.75) is 39.0 Å². The number of alkyl halides is 3. The maximum atomic E-state index is 13.1. The predicted molar refractivity (Wildman–Crippen MR) is 114 cm³/mol. The molecule has 1 aromatic carbocycles. The van der Waals surface area contributed by atoms with Crippen LogP contribution in [0.2, 0.25) is 5.15 Å². The molecule has 5 nitrogen and oxygen atoms in total. The number of nitrogens with one attached hydrogen (secondary N) is 1. The molecule has 2 rings (SSSR count). The number of carbonyl (C=O) groups excluding carboxylic acids is 1. The number of aromatic nitrogens is 1. The van der Waals surface area contributed by atoms with Gasteiger partial charge < -0.3 is 15.0 Å². The van der Waals surface area contributed by atoms with E-state index in [4.69, 9.17) is 16.3 Å². The molecule has 0 radical (unpaired) electrons. The third kappa shape index (κ3) is 6.26. The number of hydrogen-bond donors (Lipinski definition) is 1. The van der Waals surface area contributed by atoms with Crippen LogP contribution in [0.3, 0.4) is 0 Å². The summed E-state index contributed by atoms with van der Waals surface area (Å²) in [6.45, 7) is 9.46. The number of halogens is 4. The van der Waals surface area contributed by atoms with Gasteiger partial charge in [-0.2, -0.15) is 13.2 Å². The smallest absolute Gasteiger partial charge is 0.417 e. The highest BCUT2D eigenvalue weighted by atomic mass is 35.5. The summed E-state index contributed by atoms with van der Waals surface area (Å²) in [5.41, 5.74) is -1.30. The quantitative estimate of drug-likeness (QED) is 0.431. The maximum absolute atomic E-state index is 13.1. The van der Waals surface area contributed by atoms with Gasteiger partial charge in [-0.1, -0.05) is 30.3 Å². The number of nitrogens with zero attached hydrogens (tertiary/aromatic N) is 2. The topological polar surface area (TPSA) is 54.5 Å². The molecule has 0 fully saturated rings. The van der Waals surface area contributed by atoms with Gasteiger partial charge in [-0.25, -0.2) is 9.78 Å². The highest BCUT2D eigenvalue weighted by Crippen LogP contribution is 2.37. The molecule has 0 atom stereocenters. The number of hydrogen-bond acceptors (Lipinski definition) is 4. The van der Waals surface area contributed by atoms with Crippen LogP contribution >= 0.6 is 11.6 Å². The summed E-state index contributed by atoms with van der Waals surface area (Å²) >= 11 is 5.98. The Hall–Kier alpha value is -2.48. The van der Waals surface area contributed by atoms with E-state index >= 15 is 0 Å². The standard InChI is InChI=1S/C21H25ClF3N3O2/c1-13(21(23,24)25)18-14-8-6-9-16(15(14)12-17(22)27-18)26-10-7-11-28(5)19(29)30-20(2,3)4/h6,8-9,12,26H,1,7,10-11H2,2-5H3. The highest BCUT2D eigenvalue weighted by Gasteiger charge is 2.35. The third-order valence-corrected chi connectivity index (χ3v) is 4.36. The number of benzene rings is 1. The first-order chi connectivity index (χ1) is 13.8. The minimum absolute atomic E-state index is 0.0539. The van der Waals surface area contributed by atoms with Crippen LogP contribution in [0.4, 0.5) is 23.7 Å². The second kappa shape index (κ2) is 9.12. The van der Waals surface area contributed by atoms with Crippen molar-refractivity contribution < 1.29 is 22.7 Å². The van der Waals surface area contributed by atoms with E-state index in [1.807, 2.05) is 0 Å². The van der Waals surface area contributed by atoms with Gasteiger partial charge in [0.1, 0.15) is 10.8 Å². The summed E-state index contributed by atoms with van der Waals surface area (Å²) in [5.74, 6) is 0. The first kappa shape index (κ1) is 23.8. The largest absolute Gasteiger partial charge is 0.444 e. The number of ether oxygens (including phenoxy) is 1. The average molecular weight is 444 g/mol. The Morgan fingerprint density at radius 1 is 1.27 bits per heavy atom. The van der Waals surface area contributed by atoms with E-state index in [9.17, 15) is 18.0 Å². The Kier molecular flexibility index (Phi) is 7.23. The van der Waals surface area contributed by atoms with E-state index in [1.165, 1.54) is 11.0 Å². The number of pyridine rings is 1. The van der Waals surface area contributed by atoms with Crippen molar-refractivity contribution >= 4 is 39.7 Å². The molecule has 0 unspecified atom stereocenters. The van der Waals surface area contributed by atoms with Crippen molar-refractivity contribution in [2.75, 3.05) is 25.5 Å². The number of carbonyl (C=O) groups is 1. The van der Waals surface area contributed by atoms with E-state index in [2.05, 4.69) is 16.9 Å². The van der Waals surface area contributed by atoms with Gasteiger partial charge >= 0.3 is 12.3 Å². The van der Waals surface area contributed by atoms with Gasteiger partial charge in [0, 0.05) is 36.6 Å². The number of fused-ring (bicyclic) bond motifs is 1. The normalized spacial score (nSPS) is 12.0. The fraction of sp³-hybridized carbons (Fsp3) is 0.429. The van der Waals surface area contributed by atoms with Crippen molar-refractivity contribution in [1.82, 2.24) is 9.88 Å². The fourth-order valence-electron chi connectivity index (χ4n) is 2.73. The molecule has 1 N–H and O–H groups in total. The SMILES string of the molecule is C=C(c1nc(Cl)cc2c(NCCCN(C)C(=O)OC(C)(C)C)cccc12)C(F)(F)F. The van der Waals surface area contributed by atoms with Crippen LogP contribution in [0.5, 0.6) is 0 Å². The Morgan fingerprint density at radius 2 is 1.93 bits per heavy atom. The van der Waals surface area contributed by atoms with E-state index in [0.717, 1.165) is 0 Å². The average Bonchev–Trinajstić information content (AvgIpc) is 2.61. The molecule has 0 aliphatic carbocycles. The second-order valence-electron chi connectivity index (χ2n) is 7.85. The van der Waals surface area contributed by atoms with Crippen LogP contribution in [-0.4, -0.2) is 47.9 Å². The monoisotopic (exact) mass is 443 g/mol. The summed E-state index contributed by atoms with van der Waals surface area (Å²) < 4.78 is 44.7. The molecule has 0 aliphatic rings. The minimum atomic E-state index is -4.61. The van der Waals surface area contributed by atoms with Gasteiger partial charge in [0.2, 0.25) is 0 Å². The summed E-state index contributed by atoms with van der Waals surface area (Å²) in [4.78, 5) is 17.3. The van der Waals surface area contributed by atoms with Crippen LogP contribution in [0.15, 0.2) is 30.8 Å². The Balaban J connectivity index is 2.12. The number of amides is 1. The number of anilines is 1. The van der Waals surface area contributed by atoms with Crippen LogP contribution in [0, 0.1) is 0 Å². The second-order valence-corrected chi connectivity index (χ2v) is 8.24. The van der Waals surface area contributed by atoms with Crippen LogP contribution in [0.25, 0.3) is 16.3 Å².